The van der Waals surface area contributed by atoms with Gasteiger partial charge in [-0.3, -0.25) is 14.9 Å². The number of benzene rings is 3. The average Bonchev–Trinajstić information content (AvgIpc) is 2.86. The number of rotatable bonds is 7. The Kier molecular flexibility index (Phi) is 7.67. The lowest BCUT2D eigenvalue weighted by molar-refractivity contribution is -0.384. The van der Waals surface area contributed by atoms with E-state index in [-0.39, 0.29) is 16.8 Å². The standard InChI is InChI=1S/C24H17F3N2O7/c1-35-22(31)15-10-16(12-19(11-15)29(33)34)23(32)36-20(14-6-3-2-4-7-14)21(30)28-18-9-5-8-17(13-18)24(25,26)27/h2-13,20H,1H3,(H,28,30). The molecule has 0 saturated carbocycles. The highest BCUT2D eigenvalue weighted by molar-refractivity contribution is 6.00. The van der Waals surface area contributed by atoms with Crippen LogP contribution in [0.25, 0.3) is 0 Å². The van der Waals surface area contributed by atoms with E-state index in [9.17, 15) is 37.7 Å². The summed E-state index contributed by atoms with van der Waals surface area (Å²) >= 11 is 0. The molecule has 12 heteroatoms. The van der Waals surface area contributed by atoms with Crippen LogP contribution in [0.1, 0.15) is 37.9 Å². The summed E-state index contributed by atoms with van der Waals surface area (Å²) < 4.78 is 48.9. The molecule has 0 aliphatic carbocycles. The summed E-state index contributed by atoms with van der Waals surface area (Å²) in [6.07, 6.45) is -6.29. The average molecular weight is 502 g/mol. The van der Waals surface area contributed by atoms with Crippen molar-refractivity contribution < 1.29 is 42.0 Å². The van der Waals surface area contributed by atoms with E-state index in [1.54, 1.807) is 6.07 Å². The van der Waals surface area contributed by atoms with Crippen molar-refractivity contribution in [3.05, 3.63) is 105 Å². The molecule has 3 rings (SSSR count). The van der Waals surface area contributed by atoms with Gasteiger partial charge in [-0.25, -0.2) is 9.59 Å². The molecule has 36 heavy (non-hydrogen) atoms. The third kappa shape index (κ3) is 6.23. The van der Waals surface area contributed by atoms with Gasteiger partial charge in [-0.05, 0) is 24.3 Å². The second-order valence-corrected chi connectivity index (χ2v) is 7.28. The van der Waals surface area contributed by atoms with Crippen LogP contribution >= 0.6 is 0 Å². The summed E-state index contributed by atoms with van der Waals surface area (Å²) in [5, 5.41) is 13.5. The monoisotopic (exact) mass is 502 g/mol. The fourth-order valence-electron chi connectivity index (χ4n) is 3.13. The van der Waals surface area contributed by atoms with E-state index >= 15 is 0 Å². The number of non-ortho nitro benzene ring substituents is 1. The molecular weight excluding hydrogens is 485 g/mol. The zero-order valence-corrected chi connectivity index (χ0v) is 18.4. The topological polar surface area (TPSA) is 125 Å². The number of carbonyl (C=O) groups is 3. The largest absolute Gasteiger partial charge is 0.465 e. The number of ether oxygens (including phenoxy) is 2. The summed E-state index contributed by atoms with van der Waals surface area (Å²) in [4.78, 5) is 48.2. The van der Waals surface area contributed by atoms with Crippen LogP contribution in [0.4, 0.5) is 24.5 Å². The van der Waals surface area contributed by atoms with E-state index in [4.69, 9.17) is 4.74 Å². The van der Waals surface area contributed by atoms with Crippen molar-refractivity contribution in [1.29, 1.82) is 0 Å². The summed E-state index contributed by atoms with van der Waals surface area (Å²) in [6, 6.07) is 14.2. The Morgan fingerprint density at radius 2 is 1.56 bits per heavy atom. The number of esters is 2. The maximum absolute atomic E-state index is 13.0. The molecule has 0 saturated heterocycles. The number of anilines is 1. The van der Waals surface area contributed by atoms with Crippen molar-refractivity contribution in [3.63, 3.8) is 0 Å². The van der Waals surface area contributed by atoms with E-state index in [1.807, 2.05) is 0 Å². The van der Waals surface area contributed by atoms with Crippen LogP contribution in [0.2, 0.25) is 0 Å². The molecule has 0 bridgehead atoms. The Morgan fingerprint density at radius 1 is 0.917 bits per heavy atom. The van der Waals surface area contributed by atoms with Gasteiger partial charge in [0.1, 0.15) is 0 Å². The van der Waals surface area contributed by atoms with Crippen LogP contribution in [-0.4, -0.2) is 29.9 Å². The lowest BCUT2D eigenvalue weighted by Crippen LogP contribution is -2.26. The van der Waals surface area contributed by atoms with Crippen LogP contribution in [0.3, 0.4) is 0 Å². The molecule has 9 nitrogen and oxygen atoms in total. The number of amides is 1. The minimum Gasteiger partial charge on any atom is -0.465 e. The van der Waals surface area contributed by atoms with Crippen LogP contribution < -0.4 is 5.32 Å². The Hall–Kier alpha value is -4.74. The highest BCUT2D eigenvalue weighted by Gasteiger charge is 2.31. The fraction of sp³-hybridized carbons (Fsp3) is 0.125. The number of nitrogens with zero attached hydrogens (tertiary/aromatic N) is 1. The summed E-state index contributed by atoms with van der Waals surface area (Å²) in [7, 11) is 1.04. The quantitative estimate of drug-likeness (QED) is 0.276. The Balaban J connectivity index is 1.94. The predicted molar refractivity (Wildman–Crippen MR) is 119 cm³/mol. The molecule has 1 unspecified atom stereocenters. The normalized spacial score (nSPS) is 11.8. The number of alkyl halides is 3. The van der Waals surface area contributed by atoms with Gasteiger partial charge in [-0.2, -0.15) is 13.2 Å². The van der Waals surface area contributed by atoms with E-state index in [0.717, 1.165) is 37.4 Å². The van der Waals surface area contributed by atoms with E-state index in [1.165, 1.54) is 30.3 Å². The van der Waals surface area contributed by atoms with Crippen molar-refractivity contribution in [2.75, 3.05) is 12.4 Å². The maximum atomic E-state index is 13.0. The van der Waals surface area contributed by atoms with Crippen LogP contribution in [-0.2, 0) is 20.4 Å². The number of halogens is 3. The molecule has 3 aromatic rings. The van der Waals surface area contributed by atoms with Gasteiger partial charge >= 0.3 is 18.1 Å². The fourth-order valence-corrected chi connectivity index (χ4v) is 3.13. The second-order valence-electron chi connectivity index (χ2n) is 7.28. The molecule has 186 valence electrons. The highest BCUT2D eigenvalue weighted by Crippen LogP contribution is 2.31. The van der Waals surface area contributed by atoms with E-state index < -0.39 is 51.9 Å². The molecule has 0 radical (unpaired) electrons. The van der Waals surface area contributed by atoms with Crippen molar-refractivity contribution in [1.82, 2.24) is 0 Å². The van der Waals surface area contributed by atoms with Crippen LogP contribution in [0.15, 0.2) is 72.8 Å². The van der Waals surface area contributed by atoms with Gasteiger partial charge in [0.05, 0.1) is 28.7 Å². The van der Waals surface area contributed by atoms with Crippen molar-refractivity contribution in [2.45, 2.75) is 12.3 Å². The minimum absolute atomic E-state index is 0.175. The number of carbonyl (C=O) groups excluding carboxylic acids is 3. The van der Waals surface area contributed by atoms with E-state index in [0.29, 0.717) is 6.07 Å². The Morgan fingerprint density at radius 3 is 2.14 bits per heavy atom. The van der Waals surface area contributed by atoms with Gasteiger partial charge < -0.3 is 14.8 Å². The molecule has 3 aromatic carbocycles. The first kappa shape index (κ1) is 25.9. The molecule has 1 N–H and O–H groups in total. The number of nitrogens with one attached hydrogen (secondary N) is 1. The summed E-state index contributed by atoms with van der Waals surface area (Å²) in [5.41, 5.74) is -2.35. The van der Waals surface area contributed by atoms with Gasteiger partial charge in [0.25, 0.3) is 11.6 Å². The first-order chi connectivity index (χ1) is 17.0. The first-order valence-corrected chi connectivity index (χ1v) is 10.1. The predicted octanol–water partition coefficient (Wildman–Crippen LogP) is 4.94. The number of methoxy groups -OCH3 is 1. The SMILES string of the molecule is COC(=O)c1cc(C(=O)OC(C(=O)Nc2cccc(C(F)(F)F)c2)c2ccccc2)cc([N+](=O)[O-])c1. The smallest absolute Gasteiger partial charge is 0.416 e. The van der Waals surface area contributed by atoms with Gasteiger partial charge in [0, 0.05) is 23.4 Å². The molecule has 0 aromatic heterocycles. The van der Waals surface area contributed by atoms with Gasteiger partial charge in [-0.15, -0.1) is 0 Å². The van der Waals surface area contributed by atoms with Crippen molar-refractivity contribution in [2.24, 2.45) is 0 Å². The molecule has 1 amide bonds. The van der Waals surface area contributed by atoms with Gasteiger partial charge in [0.15, 0.2) is 0 Å². The Labute approximate surface area is 201 Å². The number of hydrogen-bond donors (Lipinski definition) is 1. The summed E-state index contributed by atoms with van der Waals surface area (Å²) in [5.74, 6) is -3.13. The molecule has 0 fully saturated rings. The van der Waals surface area contributed by atoms with Gasteiger partial charge in [-0.1, -0.05) is 36.4 Å². The molecule has 0 spiro atoms. The van der Waals surface area contributed by atoms with Gasteiger partial charge in [0.2, 0.25) is 6.10 Å². The second kappa shape index (κ2) is 10.7. The van der Waals surface area contributed by atoms with Crippen LogP contribution in [0, 0.1) is 10.1 Å². The lowest BCUT2D eigenvalue weighted by atomic mass is 10.1. The molecule has 0 aliphatic rings. The molecule has 0 heterocycles. The minimum atomic E-state index is -4.65. The number of nitro groups is 1. The summed E-state index contributed by atoms with van der Waals surface area (Å²) in [6.45, 7) is 0. The zero-order chi connectivity index (χ0) is 26.5. The highest BCUT2D eigenvalue weighted by atomic mass is 19.4. The first-order valence-electron chi connectivity index (χ1n) is 10.1. The lowest BCUT2D eigenvalue weighted by Gasteiger charge is -2.19. The molecule has 1 atom stereocenters. The zero-order valence-electron chi connectivity index (χ0n) is 18.4. The van der Waals surface area contributed by atoms with Crippen LogP contribution in [0.5, 0.6) is 0 Å². The Bertz CT molecular complexity index is 1310. The number of hydrogen-bond acceptors (Lipinski definition) is 7. The third-order valence-corrected chi connectivity index (χ3v) is 4.81. The molecular formula is C24H17F3N2O7. The van der Waals surface area contributed by atoms with E-state index in [2.05, 4.69) is 10.1 Å². The van der Waals surface area contributed by atoms with Crippen molar-refractivity contribution in [3.8, 4) is 0 Å². The molecule has 0 aliphatic heterocycles. The maximum Gasteiger partial charge on any atom is 0.416 e. The van der Waals surface area contributed by atoms with Crippen molar-refractivity contribution >= 4 is 29.2 Å². The third-order valence-electron chi connectivity index (χ3n) is 4.81. The number of nitro benzene ring substituents is 1.